The Morgan fingerprint density at radius 1 is 0.556 bits per heavy atom. The van der Waals surface area contributed by atoms with Gasteiger partial charge in [0.1, 0.15) is 66.2 Å². The first kappa shape index (κ1) is 79.8. The lowest BCUT2D eigenvalue weighted by Gasteiger charge is -2.30. The molecule has 12 atom stereocenters. The Morgan fingerprint density at radius 2 is 1.03 bits per heavy atom. The van der Waals surface area contributed by atoms with E-state index in [1.165, 1.54) is 49.3 Å². The highest BCUT2D eigenvalue weighted by Crippen LogP contribution is 2.21. The smallest absolute Gasteiger partial charge is 0.326 e. The zero-order valence-electron chi connectivity index (χ0n) is 56.2. The van der Waals surface area contributed by atoms with E-state index in [1.807, 2.05) is 0 Å². The second kappa shape index (κ2) is 40.8. The molecule has 4 aromatic rings. The van der Waals surface area contributed by atoms with Crippen LogP contribution >= 0.6 is 0 Å². The van der Waals surface area contributed by atoms with Crippen molar-refractivity contribution in [3.8, 4) is 5.75 Å². The Bertz CT molecular complexity index is 3290. The third-order valence-corrected chi connectivity index (χ3v) is 17.0. The minimum atomic E-state index is -1.67. The van der Waals surface area contributed by atoms with E-state index in [1.54, 1.807) is 58.0 Å². The number of nitrogens with one attached hydrogen (secondary N) is 11. The van der Waals surface area contributed by atoms with Gasteiger partial charge in [0.25, 0.3) is 0 Å². The molecule has 1 fully saturated rings. The molecule has 33 heteroatoms. The Morgan fingerprint density at radius 3 is 1.55 bits per heavy atom. The number of benzene rings is 2. The van der Waals surface area contributed by atoms with Crippen LogP contribution in [0.3, 0.4) is 0 Å². The number of aromatic hydroxyl groups is 1. The van der Waals surface area contributed by atoms with E-state index in [0.717, 1.165) is 4.90 Å². The fraction of sp³-hybridized carbons (Fsp3) is 0.545. The molecule has 0 unspecified atom stereocenters. The topological polar surface area (TPSA) is 533 Å². The first-order valence-electron chi connectivity index (χ1n) is 33.3. The summed E-state index contributed by atoms with van der Waals surface area (Å²) >= 11 is 0. The summed E-state index contributed by atoms with van der Waals surface area (Å²) in [7, 11) is 0. The van der Waals surface area contributed by atoms with Crippen molar-refractivity contribution in [3.63, 3.8) is 0 Å². The highest BCUT2D eigenvalue weighted by Gasteiger charge is 2.41. The normalized spacial score (nSPS) is 16.1. The number of aromatic amines is 2. The number of carbonyl (C=O) groups excluding carboxylic acids is 10. The van der Waals surface area contributed by atoms with Crippen LogP contribution in [-0.4, -0.2) is 209 Å². The lowest BCUT2D eigenvalue weighted by molar-refractivity contribution is -0.145. The van der Waals surface area contributed by atoms with Gasteiger partial charge in [-0.25, -0.2) is 14.8 Å². The fourth-order valence-corrected chi connectivity index (χ4v) is 11.1. The number of hydrogen-bond donors (Lipinski definition) is 18. The van der Waals surface area contributed by atoms with Gasteiger partial charge in [-0.15, -0.1) is 0 Å². The Labute approximate surface area is 573 Å². The number of unbranched alkanes of at least 4 members (excludes halogenated alkanes) is 2. The van der Waals surface area contributed by atoms with Crippen LogP contribution in [0.1, 0.15) is 121 Å². The molecule has 1 aliphatic heterocycles. The number of H-pyrrole nitrogens is 2. The van der Waals surface area contributed by atoms with Gasteiger partial charge in [0.15, 0.2) is 0 Å². The molecule has 0 saturated carbocycles. The van der Waals surface area contributed by atoms with Crippen LogP contribution in [0.5, 0.6) is 5.75 Å². The molecule has 0 bridgehead atoms. The number of aliphatic hydroxyl groups is 1. The van der Waals surface area contributed by atoms with Crippen LogP contribution in [0.25, 0.3) is 0 Å². The predicted octanol–water partition coefficient (Wildman–Crippen LogP) is -2.31. The van der Waals surface area contributed by atoms with Crippen molar-refractivity contribution in [2.45, 2.75) is 190 Å². The van der Waals surface area contributed by atoms with Gasteiger partial charge in [-0.1, -0.05) is 76.6 Å². The number of imidazole rings is 2. The number of nitrogens with zero attached hydrogens (tertiary/aromatic N) is 3. The summed E-state index contributed by atoms with van der Waals surface area (Å²) in [6, 6.07) is -1.14. The van der Waals surface area contributed by atoms with Crippen LogP contribution in [0.2, 0.25) is 0 Å². The van der Waals surface area contributed by atoms with Gasteiger partial charge in [-0.3, -0.25) is 52.7 Å². The third kappa shape index (κ3) is 25.8. The summed E-state index contributed by atoms with van der Waals surface area (Å²) < 4.78 is 0. The van der Waals surface area contributed by atoms with Crippen molar-refractivity contribution >= 4 is 71.0 Å². The highest BCUT2D eigenvalue weighted by molar-refractivity contribution is 5.99. The number of aliphatic carboxylic acids is 2. The third-order valence-electron chi connectivity index (χ3n) is 17.0. The quantitative estimate of drug-likeness (QED) is 0.0207. The van der Waals surface area contributed by atoms with Gasteiger partial charge in [0.05, 0.1) is 25.3 Å². The van der Waals surface area contributed by atoms with Crippen molar-refractivity contribution in [1.82, 2.24) is 72.7 Å². The summed E-state index contributed by atoms with van der Waals surface area (Å²) in [5.74, 6) is -12.4. The molecule has 3 heterocycles. The predicted molar refractivity (Wildman–Crippen MR) is 358 cm³/mol. The Balaban J connectivity index is 1.35. The van der Waals surface area contributed by atoms with Crippen LogP contribution in [0, 0.1) is 11.8 Å². The summed E-state index contributed by atoms with van der Waals surface area (Å²) in [5, 5.41) is 63.6. The van der Waals surface area contributed by atoms with E-state index in [4.69, 9.17) is 17.2 Å². The maximum atomic E-state index is 14.8. The van der Waals surface area contributed by atoms with Crippen molar-refractivity contribution in [3.05, 3.63) is 102 Å². The highest BCUT2D eigenvalue weighted by atomic mass is 16.4. The number of carboxylic acids is 2. The standard InChI is InChI=1S/C66H97N17O16/c1-5-38(4)55(82-58(90)46(17-10-12-26-68)75-63(95)54(37(2)3)81-59(91)47(23-24-53(86)87)74-56(88)44(69)30-41-32-70-35-72-41)64(96)76-45(16-9-11-25-67)57(89)78-49(31-42-33-71-36-73-42)61(93)77-48(28-39-14-7-6-8-15-39)60(92)80-51(34-84)65(97)83-27-13-18-52(83)62(94)79-50(66(98)99)29-40-19-21-43(85)22-20-40/h6-8,14-15,19-22,32-33,35-38,44-52,54-55,84-85H,5,9-13,16-18,23-31,34,67-69H2,1-4H3,(H,70,72)(H,71,73)(H,74,88)(H,75,95)(H,76,96)(H,77,93)(H,78,89)(H,79,94)(H,80,92)(H,81,91)(H,82,90)(H,86,87)(H,98,99)/t38-,44-,45-,46-,47-,48-,49-,50-,51-,52-,54-,55-/m0/s1. The molecule has 0 spiro atoms. The molecular formula is C66H97N17O16. The zero-order valence-corrected chi connectivity index (χ0v) is 56.2. The van der Waals surface area contributed by atoms with E-state index >= 15 is 0 Å². The number of rotatable bonds is 43. The fourth-order valence-electron chi connectivity index (χ4n) is 11.1. The number of carbonyl (C=O) groups is 12. The molecular weight excluding hydrogens is 1290 g/mol. The van der Waals surface area contributed by atoms with Crippen molar-refractivity contribution in [2.24, 2.45) is 29.0 Å². The summed E-state index contributed by atoms with van der Waals surface area (Å²) in [5.41, 5.74) is 19.7. The minimum absolute atomic E-state index is 0.00799. The van der Waals surface area contributed by atoms with E-state index in [9.17, 15) is 78.0 Å². The van der Waals surface area contributed by atoms with E-state index in [-0.39, 0.29) is 76.8 Å². The number of amides is 10. The van der Waals surface area contributed by atoms with E-state index < -0.39 is 162 Å². The van der Waals surface area contributed by atoms with Crippen LogP contribution in [0.4, 0.5) is 0 Å². The molecule has 0 radical (unpaired) electrons. The second-order valence-electron chi connectivity index (χ2n) is 25.0. The number of carboxylic acid groups (broad SMARTS) is 2. The number of nitrogens with two attached hydrogens (primary N) is 3. The van der Waals surface area contributed by atoms with Crippen molar-refractivity contribution in [2.75, 3.05) is 26.2 Å². The summed E-state index contributed by atoms with van der Waals surface area (Å²) in [6.07, 6.45) is 6.28. The number of hydrogen-bond acceptors (Lipinski definition) is 19. The minimum Gasteiger partial charge on any atom is -0.508 e. The maximum Gasteiger partial charge on any atom is 0.326 e. The molecule has 1 saturated heterocycles. The van der Waals surface area contributed by atoms with Gasteiger partial charge in [0, 0.05) is 62.4 Å². The number of aliphatic hydroxyl groups excluding tert-OH is 1. The van der Waals surface area contributed by atoms with Crippen molar-refractivity contribution < 1.29 is 78.0 Å². The monoisotopic (exact) mass is 1380 g/mol. The molecule has 10 amide bonds. The molecule has 542 valence electrons. The van der Waals surface area contributed by atoms with Gasteiger partial charge >= 0.3 is 11.9 Å². The Hall–Kier alpha value is -9.86. The molecule has 2 aromatic carbocycles. The largest absolute Gasteiger partial charge is 0.508 e. The van der Waals surface area contributed by atoms with Gasteiger partial charge in [0.2, 0.25) is 59.1 Å². The first-order chi connectivity index (χ1) is 47.3. The first-order valence-corrected chi connectivity index (χ1v) is 33.3. The molecule has 1 aliphatic rings. The van der Waals surface area contributed by atoms with E-state index in [2.05, 4.69) is 67.8 Å². The van der Waals surface area contributed by atoms with Gasteiger partial charge in [-0.05, 0) is 106 Å². The average molecular weight is 1380 g/mol. The zero-order chi connectivity index (χ0) is 72.7. The van der Waals surface area contributed by atoms with Gasteiger partial charge in [-0.2, -0.15) is 0 Å². The number of aromatic nitrogens is 4. The molecule has 33 nitrogen and oxygen atoms in total. The molecule has 2 aromatic heterocycles. The van der Waals surface area contributed by atoms with Crippen LogP contribution in [0.15, 0.2) is 79.6 Å². The Kier molecular flexibility index (Phi) is 32.9. The van der Waals surface area contributed by atoms with Crippen LogP contribution < -0.4 is 65.1 Å². The molecule has 0 aliphatic carbocycles. The number of phenols is 1. The lowest BCUT2D eigenvalue weighted by Crippen LogP contribution is -2.62. The summed E-state index contributed by atoms with van der Waals surface area (Å²) in [4.78, 5) is 181. The summed E-state index contributed by atoms with van der Waals surface area (Å²) in [6.45, 7) is 6.15. The maximum absolute atomic E-state index is 14.8. The molecule has 99 heavy (non-hydrogen) atoms. The second-order valence-corrected chi connectivity index (χ2v) is 25.0. The van der Waals surface area contributed by atoms with Crippen molar-refractivity contribution in [1.29, 1.82) is 0 Å². The molecule has 21 N–H and O–H groups in total. The molecule has 5 rings (SSSR count). The van der Waals surface area contributed by atoms with E-state index in [0.29, 0.717) is 61.0 Å². The number of phenolic OH excluding ortho intramolecular Hbond substituents is 1. The number of likely N-dealkylation sites (tertiary alicyclic amines) is 1. The average Bonchev–Trinajstić information content (AvgIpc) is 1.78. The van der Waals surface area contributed by atoms with Crippen LogP contribution in [-0.2, 0) is 83.2 Å². The SMILES string of the molecule is CC[C@H](C)[C@H](NC(=O)[C@H](CCCCN)NC(=O)[C@@H](NC(=O)[C@H](CCC(=O)O)NC(=O)[C@@H](N)Cc1cnc[nH]1)C(C)C)C(=O)N[C@@H](CCCCN)C(=O)N[C@@H](Cc1cnc[nH]1)C(=O)N[C@@H](Cc1ccccc1)C(=O)N[C@@H](CO)C(=O)N1CCC[C@H]1C(=O)N[C@@H](Cc1ccc(O)cc1)C(=O)O. The lowest BCUT2D eigenvalue weighted by atomic mass is 9.96. The van der Waals surface area contributed by atoms with Gasteiger partial charge < -0.3 is 100 Å².